The van der Waals surface area contributed by atoms with Crippen molar-refractivity contribution in [1.82, 2.24) is 0 Å². The molecule has 0 bridgehead atoms. The molecule has 1 aromatic rings. The number of hydrogen-bond acceptors (Lipinski definition) is 3. The van der Waals surface area contributed by atoms with E-state index in [1.807, 2.05) is 0 Å². The number of benzene rings is 1. The third-order valence-electron chi connectivity index (χ3n) is 1.89. The first-order chi connectivity index (χ1) is 7.19. The molecule has 0 saturated carbocycles. The van der Waals surface area contributed by atoms with E-state index in [1.54, 1.807) is 12.1 Å². The number of halogens is 2. The second-order valence-electron chi connectivity index (χ2n) is 2.97. The number of anilines is 1. The minimum absolute atomic E-state index is 0.147. The fourth-order valence-corrected chi connectivity index (χ4v) is 1.58. The number of rotatable bonds is 5. The summed E-state index contributed by atoms with van der Waals surface area (Å²) in [5.41, 5.74) is 0.746. The largest absolute Gasteiger partial charge is 0.495 e. The van der Waals surface area contributed by atoms with Crippen LogP contribution in [-0.4, -0.2) is 25.4 Å². The monoisotopic (exact) mass is 249 g/mol. The first kappa shape index (κ1) is 12.4. The lowest BCUT2D eigenvalue weighted by Crippen LogP contribution is -2.04. The van der Waals surface area contributed by atoms with Gasteiger partial charge in [-0.2, -0.15) is 0 Å². The number of hydrogen-bond donors (Lipinski definition) is 2. The highest BCUT2D eigenvalue weighted by Gasteiger charge is 2.06. The maximum atomic E-state index is 8.63. The minimum Gasteiger partial charge on any atom is -0.495 e. The Labute approximate surface area is 99.0 Å². The summed E-state index contributed by atoms with van der Waals surface area (Å²) < 4.78 is 5.02. The summed E-state index contributed by atoms with van der Waals surface area (Å²) in [7, 11) is 1.54. The molecule has 0 aliphatic rings. The molecule has 0 unspecified atom stereocenters. The van der Waals surface area contributed by atoms with Crippen molar-refractivity contribution >= 4 is 28.9 Å². The number of aliphatic hydroxyl groups excluding tert-OH is 1. The molecule has 0 aliphatic carbocycles. The molecule has 0 aliphatic heterocycles. The van der Waals surface area contributed by atoms with Crippen LogP contribution in [0.15, 0.2) is 12.1 Å². The maximum absolute atomic E-state index is 8.63. The molecule has 15 heavy (non-hydrogen) atoms. The third-order valence-corrected chi connectivity index (χ3v) is 2.50. The molecule has 0 fully saturated rings. The second kappa shape index (κ2) is 6.05. The highest BCUT2D eigenvalue weighted by atomic mass is 35.5. The molecular weight excluding hydrogens is 237 g/mol. The van der Waals surface area contributed by atoms with Gasteiger partial charge in [-0.05, 0) is 12.5 Å². The van der Waals surface area contributed by atoms with Crippen LogP contribution in [-0.2, 0) is 0 Å². The van der Waals surface area contributed by atoms with Crippen molar-refractivity contribution in [2.24, 2.45) is 0 Å². The second-order valence-corrected chi connectivity index (χ2v) is 3.78. The van der Waals surface area contributed by atoms with E-state index in [9.17, 15) is 0 Å². The minimum atomic E-state index is 0.147. The zero-order valence-corrected chi connectivity index (χ0v) is 9.90. The number of ether oxygens (including phenoxy) is 1. The summed E-state index contributed by atoms with van der Waals surface area (Å²) in [5, 5.41) is 12.8. The van der Waals surface area contributed by atoms with Crippen LogP contribution < -0.4 is 10.1 Å². The smallest absolute Gasteiger partial charge is 0.139 e. The van der Waals surface area contributed by atoms with Crippen LogP contribution in [0.25, 0.3) is 0 Å². The Morgan fingerprint density at radius 3 is 2.67 bits per heavy atom. The van der Waals surface area contributed by atoms with E-state index >= 15 is 0 Å². The van der Waals surface area contributed by atoms with E-state index in [0.717, 1.165) is 5.69 Å². The summed E-state index contributed by atoms with van der Waals surface area (Å²) in [6.45, 7) is 0.799. The average Bonchev–Trinajstić information content (AvgIpc) is 2.23. The third kappa shape index (κ3) is 3.45. The van der Waals surface area contributed by atoms with E-state index in [2.05, 4.69) is 5.32 Å². The number of nitrogens with one attached hydrogen (secondary N) is 1. The van der Waals surface area contributed by atoms with Crippen molar-refractivity contribution < 1.29 is 9.84 Å². The topological polar surface area (TPSA) is 41.5 Å². The molecule has 0 saturated heterocycles. The summed E-state index contributed by atoms with van der Waals surface area (Å²) in [5.74, 6) is 0.550. The number of aliphatic hydroxyl groups is 1. The van der Waals surface area contributed by atoms with Crippen molar-refractivity contribution in [2.45, 2.75) is 6.42 Å². The zero-order valence-electron chi connectivity index (χ0n) is 8.39. The molecule has 0 atom stereocenters. The summed E-state index contributed by atoms with van der Waals surface area (Å²) in [6, 6.07) is 3.37. The molecule has 0 aromatic heterocycles. The van der Waals surface area contributed by atoms with Gasteiger partial charge in [0.2, 0.25) is 0 Å². The summed E-state index contributed by atoms with van der Waals surface area (Å²) in [4.78, 5) is 0. The first-order valence-electron chi connectivity index (χ1n) is 4.56. The highest BCUT2D eigenvalue weighted by molar-refractivity contribution is 6.36. The fourth-order valence-electron chi connectivity index (χ4n) is 1.12. The molecule has 0 amide bonds. The van der Waals surface area contributed by atoms with Gasteiger partial charge in [0, 0.05) is 19.2 Å². The lowest BCUT2D eigenvalue weighted by molar-refractivity contribution is 0.292. The molecule has 1 rings (SSSR count). The van der Waals surface area contributed by atoms with Crippen LogP contribution in [0.1, 0.15) is 6.42 Å². The van der Waals surface area contributed by atoms with Gasteiger partial charge in [-0.3, -0.25) is 0 Å². The summed E-state index contributed by atoms with van der Waals surface area (Å²) >= 11 is 11.9. The standard InChI is InChI=1S/C10H13Cl2NO2/c1-15-10-6-7(11)9(5-8(10)12)13-3-2-4-14/h5-6,13-14H,2-4H2,1H3. The Kier molecular flexibility index (Phi) is 5.02. The van der Waals surface area contributed by atoms with E-state index in [0.29, 0.717) is 28.8 Å². The Morgan fingerprint density at radius 1 is 1.33 bits per heavy atom. The van der Waals surface area contributed by atoms with Crippen LogP contribution in [0.4, 0.5) is 5.69 Å². The molecule has 1 aromatic carbocycles. The van der Waals surface area contributed by atoms with Crippen LogP contribution in [0.5, 0.6) is 5.75 Å². The molecular formula is C10H13Cl2NO2. The van der Waals surface area contributed by atoms with E-state index in [-0.39, 0.29) is 6.61 Å². The SMILES string of the molecule is COc1cc(Cl)c(NCCCO)cc1Cl. The predicted molar refractivity (Wildman–Crippen MR) is 63.2 cm³/mol. The quantitative estimate of drug-likeness (QED) is 0.789. The maximum Gasteiger partial charge on any atom is 0.139 e. The Morgan fingerprint density at radius 2 is 2.07 bits per heavy atom. The van der Waals surface area contributed by atoms with Crippen LogP contribution in [0, 0.1) is 0 Å². The Balaban J connectivity index is 2.76. The van der Waals surface area contributed by atoms with E-state index in [1.165, 1.54) is 7.11 Å². The van der Waals surface area contributed by atoms with E-state index in [4.69, 9.17) is 33.0 Å². The van der Waals surface area contributed by atoms with Gasteiger partial charge < -0.3 is 15.2 Å². The molecule has 0 radical (unpaired) electrons. The highest BCUT2D eigenvalue weighted by Crippen LogP contribution is 2.33. The van der Waals surface area contributed by atoms with Crippen molar-refractivity contribution in [2.75, 3.05) is 25.6 Å². The molecule has 3 nitrogen and oxygen atoms in total. The number of methoxy groups -OCH3 is 1. The van der Waals surface area contributed by atoms with Gasteiger partial charge in [0.1, 0.15) is 5.75 Å². The van der Waals surface area contributed by atoms with Crippen LogP contribution >= 0.6 is 23.2 Å². The van der Waals surface area contributed by atoms with E-state index < -0.39 is 0 Å². The first-order valence-corrected chi connectivity index (χ1v) is 5.32. The van der Waals surface area contributed by atoms with Gasteiger partial charge in [-0.15, -0.1) is 0 Å². The molecule has 0 heterocycles. The summed E-state index contributed by atoms with van der Waals surface area (Å²) in [6.07, 6.45) is 0.667. The van der Waals surface area contributed by atoms with Gasteiger partial charge in [0.05, 0.1) is 22.8 Å². The van der Waals surface area contributed by atoms with Gasteiger partial charge in [-0.25, -0.2) is 0 Å². The van der Waals surface area contributed by atoms with Crippen LogP contribution in [0.3, 0.4) is 0 Å². The van der Waals surface area contributed by atoms with Gasteiger partial charge in [0.25, 0.3) is 0 Å². The lowest BCUT2D eigenvalue weighted by atomic mass is 10.3. The van der Waals surface area contributed by atoms with Gasteiger partial charge in [-0.1, -0.05) is 23.2 Å². The Bertz CT molecular complexity index is 331. The molecule has 5 heteroatoms. The van der Waals surface area contributed by atoms with Crippen molar-refractivity contribution in [3.8, 4) is 5.75 Å². The fraction of sp³-hybridized carbons (Fsp3) is 0.400. The lowest BCUT2D eigenvalue weighted by Gasteiger charge is -2.10. The average molecular weight is 250 g/mol. The van der Waals surface area contributed by atoms with Crippen molar-refractivity contribution in [1.29, 1.82) is 0 Å². The zero-order chi connectivity index (χ0) is 11.3. The molecule has 84 valence electrons. The normalized spacial score (nSPS) is 10.1. The van der Waals surface area contributed by atoms with Crippen molar-refractivity contribution in [3.63, 3.8) is 0 Å². The predicted octanol–water partition coefficient (Wildman–Crippen LogP) is 2.80. The molecule has 0 spiro atoms. The van der Waals surface area contributed by atoms with Crippen molar-refractivity contribution in [3.05, 3.63) is 22.2 Å². The van der Waals surface area contributed by atoms with Gasteiger partial charge >= 0.3 is 0 Å². The molecule has 2 N–H and O–H groups in total. The van der Waals surface area contributed by atoms with Gasteiger partial charge in [0.15, 0.2) is 0 Å². The Hall–Kier alpha value is -0.640. The van der Waals surface area contributed by atoms with Crippen LogP contribution in [0.2, 0.25) is 10.0 Å².